The number of aliphatic hydroxyl groups is 1. The van der Waals surface area contributed by atoms with Crippen LogP contribution in [0, 0.1) is 6.92 Å². The molecule has 0 saturated carbocycles. The van der Waals surface area contributed by atoms with Gasteiger partial charge >= 0.3 is 0 Å². The molecule has 0 bridgehead atoms. The molecule has 0 aliphatic rings. The largest absolute Gasteiger partial charge is 0.392 e. The second kappa shape index (κ2) is 6.26. The van der Waals surface area contributed by atoms with Crippen molar-refractivity contribution < 1.29 is 13.5 Å². The molecule has 0 radical (unpaired) electrons. The van der Waals surface area contributed by atoms with Crippen molar-refractivity contribution in [2.75, 3.05) is 4.72 Å². The van der Waals surface area contributed by atoms with E-state index in [-0.39, 0.29) is 11.5 Å². The topological polar surface area (TPSA) is 92.4 Å². The fraction of sp³-hybridized carbons (Fsp3) is 0.200. The summed E-state index contributed by atoms with van der Waals surface area (Å²) in [5.74, 6) is 0. The molecule has 0 aliphatic heterocycles. The van der Waals surface area contributed by atoms with Crippen LogP contribution in [0.25, 0.3) is 0 Å². The highest BCUT2D eigenvalue weighted by Gasteiger charge is 2.15. The number of rotatable bonds is 5. The van der Waals surface area contributed by atoms with Gasteiger partial charge in [-0.1, -0.05) is 18.2 Å². The standard InChI is InChI=1S/C15H18N2O3S/c1-11-8-15(7-4-13(11)9-16)21(19,20)17-14-5-2-12(10-18)3-6-14/h2-8,17-18H,9-10,16H2,1H3. The van der Waals surface area contributed by atoms with Gasteiger partial charge in [-0.15, -0.1) is 0 Å². The Bertz CT molecular complexity index is 725. The highest BCUT2D eigenvalue weighted by Crippen LogP contribution is 2.19. The second-order valence-electron chi connectivity index (χ2n) is 4.75. The van der Waals surface area contributed by atoms with Gasteiger partial charge in [-0.3, -0.25) is 4.72 Å². The zero-order valence-electron chi connectivity index (χ0n) is 11.7. The van der Waals surface area contributed by atoms with E-state index in [1.54, 1.807) is 42.5 Å². The first-order chi connectivity index (χ1) is 9.96. The Kier molecular flexibility index (Phi) is 4.62. The Hall–Kier alpha value is -1.89. The maximum Gasteiger partial charge on any atom is 0.261 e. The van der Waals surface area contributed by atoms with Crippen molar-refractivity contribution in [2.45, 2.75) is 25.0 Å². The Morgan fingerprint density at radius 2 is 1.81 bits per heavy atom. The van der Waals surface area contributed by atoms with Gasteiger partial charge < -0.3 is 10.8 Å². The highest BCUT2D eigenvalue weighted by atomic mass is 32.2. The Labute approximate surface area is 124 Å². The molecule has 0 atom stereocenters. The van der Waals surface area contributed by atoms with E-state index >= 15 is 0 Å². The third kappa shape index (κ3) is 3.60. The summed E-state index contributed by atoms with van der Waals surface area (Å²) in [5, 5.41) is 8.97. The fourth-order valence-electron chi connectivity index (χ4n) is 1.96. The van der Waals surface area contributed by atoms with Crippen LogP contribution in [-0.2, 0) is 23.2 Å². The summed E-state index contributed by atoms with van der Waals surface area (Å²) in [6, 6.07) is 11.4. The van der Waals surface area contributed by atoms with Crippen LogP contribution in [-0.4, -0.2) is 13.5 Å². The van der Waals surface area contributed by atoms with Crippen molar-refractivity contribution in [1.82, 2.24) is 0 Å². The van der Waals surface area contributed by atoms with Crippen molar-refractivity contribution in [3.63, 3.8) is 0 Å². The predicted octanol–water partition coefficient (Wildman–Crippen LogP) is 1.75. The van der Waals surface area contributed by atoms with Crippen molar-refractivity contribution >= 4 is 15.7 Å². The minimum Gasteiger partial charge on any atom is -0.392 e. The molecule has 0 saturated heterocycles. The number of benzene rings is 2. The maximum absolute atomic E-state index is 12.3. The van der Waals surface area contributed by atoms with E-state index in [1.807, 2.05) is 6.92 Å². The monoisotopic (exact) mass is 306 g/mol. The highest BCUT2D eigenvalue weighted by molar-refractivity contribution is 7.92. The van der Waals surface area contributed by atoms with E-state index < -0.39 is 10.0 Å². The lowest BCUT2D eigenvalue weighted by Gasteiger charge is -2.10. The minimum absolute atomic E-state index is 0.0766. The average Bonchev–Trinajstić information content (AvgIpc) is 2.47. The Balaban J connectivity index is 2.26. The van der Waals surface area contributed by atoms with Crippen LogP contribution >= 0.6 is 0 Å². The number of nitrogens with one attached hydrogen (secondary N) is 1. The summed E-state index contributed by atoms with van der Waals surface area (Å²) in [6.45, 7) is 2.13. The lowest BCUT2D eigenvalue weighted by molar-refractivity contribution is 0.282. The van der Waals surface area contributed by atoms with E-state index in [0.717, 1.165) is 16.7 Å². The average molecular weight is 306 g/mol. The van der Waals surface area contributed by atoms with Gasteiger partial charge in [0.05, 0.1) is 11.5 Å². The number of hydrogen-bond acceptors (Lipinski definition) is 4. The number of hydrogen-bond donors (Lipinski definition) is 3. The van der Waals surface area contributed by atoms with Gasteiger partial charge in [0.15, 0.2) is 0 Å². The summed E-state index contributed by atoms with van der Waals surface area (Å²) in [5.41, 5.74) is 8.51. The SMILES string of the molecule is Cc1cc(S(=O)(=O)Nc2ccc(CO)cc2)ccc1CN. The van der Waals surface area contributed by atoms with Crippen LogP contribution in [0.5, 0.6) is 0 Å². The molecule has 0 amide bonds. The minimum atomic E-state index is -3.63. The van der Waals surface area contributed by atoms with Gasteiger partial charge in [0.2, 0.25) is 0 Å². The van der Waals surface area contributed by atoms with Crippen molar-refractivity contribution in [3.05, 3.63) is 59.2 Å². The molecule has 0 unspecified atom stereocenters. The Morgan fingerprint density at radius 3 is 2.33 bits per heavy atom. The van der Waals surface area contributed by atoms with E-state index in [0.29, 0.717) is 12.2 Å². The maximum atomic E-state index is 12.3. The summed E-state index contributed by atoms with van der Waals surface area (Å²) < 4.78 is 27.1. The van der Waals surface area contributed by atoms with Crippen LogP contribution in [0.1, 0.15) is 16.7 Å². The first-order valence-electron chi connectivity index (χ1n) is 6.48. The molecule has 2 rings (SSSR count). The number of nitrogens with two attached hydrogens (primary N) is 1. The smallest absolute Gasteiger partial charge is 0.261 e. The first kappa shape index (κ1) is 15.5. The van der Waals surface area contributed by atoms with E-state index in [4.69, 9.17) is 10.8 Å². The van der Waals surface area contributed by atoms with Crippen LogP contribution in [0.2, 0.25) is 0 Å². The number of sulfonamides is 1. The van der Waals surface area contributed by atoms with Crippen LogP contribution in [0.15, 0.2) is 47.4 Å². The van der Waals surface area contributed by atoms with Gasteiger partial charge in [0.1, 0.15) is 0 Å². The fourth-order valence-corrected chi connectivity index (χ4v) is 3.10. The molecule has 21 heavy (non-hydrogen) atoms. The van der Waals surface area contributed by atoms with Crippen molar-refractivity contribution in [1.29, 1.82) is 0 Å². The third-order valence-corrected chi connectivity index (χ3v) is 4.61. The summed E-state index contributed by atoms with van der Waals surface area (Å²) in [6.07, 6.45) is 0. The van der Waals surface area contributed by atoms with Crippen LogP contribution < -0.4 is 10.5 Å². The number of anilines is 1. The molecule has 5 nitrogen and oxygen atoms in total. The molecule has 0 heterocycles. The molecule has 2 aromatic rings. The molecule has 0 fully saturated rings. The zero-order chi connectivity index (χ0) is 15.5. The van der Waals surface area contributed by atoms with E-state index in [9.17, 15) is 8.42 Å². The first-order valence-corrected chi connectivity index (χ1v) is 7.97. The molecule has 6 heteroatoms. The van der Waals surface area contributed by atoms with E-state index in [1.165, 1.54) is 0 Å². The molecular weight excluding hydrogens is 288 g/mol. The zero-order valence-corrected chi connectivity index (χ0v) is 12.5. The summed E-state index contributed by atoms with van der Waals surface area (Å²) >= 11 is 0. The lowest BCUT2D eigenvalue weighted by atomic mass is 10.1. The summed E-state index contributed by atoms with van der Waals surface area (Å²) in [7, 11) is -3.63. The number of aliphatic hydroxyl groups excluding tert-OH is 1. The molecule has 112 valence electrons. The Morgan fingerprint density at radius 1 is 1.14 bits per heavy atom. The normalized spacial score (nSPS) is 11.4. The molecule has 0 aromatic heterocycles. The number of aryl methyl sites for hydroxylation is 1. The van der Waals surface area contributed by atoms with Crippen LogP contribution in [0.3, 0.4) is 0 Å². The third-order valence-electron chi connectivity index (χ3n) is 3.23. The molecular formula is C15H18N2O3S. The van der Waals surface area contributed by atoms with Gasteiger partial charge in [0.25, 0.3) is 10.0 Å². The van der Waals surface area contributed by atoms with Gasteiger partial charge in [-0.25, -0.2) is 8.42 Å². The lowest BCUT2D eigenvalue weighted by Crippen LogP contribution is -2.13. The molecule has 0 aliphatic carbocycles. The van der Waals surface area contributed by atoms with Gasteiger partial charge in [0, 0.05) is 12.2 Å². The van der Waals surface area contributed by atoms with Gasteiger partial charge in [-0.05, 0) is 47.9 Å². The quantitative estimate of drug-likeness (QED) is 0.784. The molecule has 4 N–H and O–H groups in total. The summed E-state index contributed by atoms with van der Waals surface area (Å²) in [4.78, 5) is 0.198. The molecule has 2 aromatic carbocycles. The van der Waals surface area contributed by atoms with Crippen LogP contribution in [0.4, 0.5) is 5.69 Å². The van der Waals surface area contributed by atoms with Crippen molar-refractivity contribution in [3.8, 4) is 0 Å². The van der Waals surface area contributed by atoms with Gasteiger partial charge in [-0.2, -0.15) is 0 Å². The van der Waals surface area contributed by atoms with E-state index in [2.05, 4.69) is 4.72 Å². The van der Waals surface area contributed by atoms with Crippen molar-refractivity contribution in [2.24, 2.45) is 5.73 Å². The molecule has 0 spiro atoms. The second-order valence-corrected chi connectivity index (χ2v) is 6.44. The predicted molar refractivity (Wildman–Crippen MR) is 82.2 cm³/mol.